The van der Waals surface area contributed by atoms with Crippen LogP contribution in [0.3, 0.4) is 0 Å². The molecule has 4 nitrogen and oxygen atoms in total. The summed E-state index contributed by atoms with van der Waals surface area (Å²) in [5.41, 5.74) is 0.749. The van der Waals surface area contributed by atoms with Crippen molar-refractivity contribution in [2.24, 2.45) is 5.92 Å². The average Bonchev–Trinajstić information content (AvgIpc) is 2.85. The van der Waals surface area contributed by atoms with Gasteiger partial charge in [-0.05, 0) is 30.7 Å². The maximum Gasteiger partial charge on any atom is 0.321 e. The van der Waals surface area contributed by atoms with Gasteiger partial charge in [0, 0.05) is 36.8 Å². The van der Waals surface area contributed by atoms with Crippen LogP contribution in [-0.2, 0) is 4.74 Å². The number of hydrogen-bond acceptors (Lipinski definition) is 2. The standard InChI is InChI=1S/C13H17ClN2O2/c1-16(8-10-6-7-18-9-10)13(17)15-12-4-2-11(14)3-5-12/h2-5,10H,6-9H2,1H3,(H,15,17). The predicted molar refractivity (Wildman–Crippen MR) is 72.0 cm³/mol. The van der Waals surface area contributed by atoms with Gasteiger partial charge in [-0.25, -0.2) is 4.79 Å². The number of carbonyl (C=O) groups excluding carboxylic acids is 1. The number of hydrogen-bond donors (Lipinski definition) is 1. The first-order chi connectivity index (χ1) is 8.65. The highest BCUT2D eigenvalue weighted by Gasteiger charge is 2.19. The number of rotatable bonds is 3. The monoisotopic (exact) mass is 268 g/mol. The quantitative estimate of drug-likeness (QED) is 0.916. The third-order valence-corrected chi connectivity index (χ3v) is 3.25. The summed E-state index contributed by atoms with van der Waals surface area (Å²) in [6, 6.07) is 6.97. The molecule has 0 bridgehead atoms. The topological polar surface area (TPSA) is 41.6 Å². The Hall–Kier alpha value is -1.26. The van der Waals surface area contributed by atoms with Crippen molar-refractivity contribution >= 4 is 23.3 Å². The molecule has 2 amide bonds. The van der Waals surface area contributed by atoms with Crippen LogP contribution in [0.15, 0.2) is 24.3 Å². The molecular formula is C13H17ClN2O2. The fraction of sp³-hybridized carbons (Fsp3) is 0.462. The molecule has 1 aliphatic heterocycles. The third kappa shape index (κ3) is 3.62. The van der Waals surface area contributed by atoms with E-state index in [2.05, 4.69) is 5.32 Å². The summed E-state index contributed by atoms with van der Waals surface area (Å²) in [5, 5.41) is 3.49. The van der Waals surface area contributed by atoms with Gasteiger partial charge in [-0.3, -0.25) is 0 Å². The number of nitrogens with zero attached hydrogens (tertiary/aromatic N) is 1. The van der Waals surface area contributed by atoms with Crippen LogP contribution in [-0.4, -0.2) is 37.7 Å². The van der Waals surface area contributed by atoms with Gasteiger partial charge in [0.25, 0.3) is 0 Å². The van der Waals surface area contributed by atoms with Crippen molar-refractivity contribution in [3.8, 4) is 0 Å². The molecule has 1 unspecified atom stereocenters. The van der Waals surface area contributed by atoms with E-state index in [0.717, 1.165) is 31.9 Å². The van der Waals surface area contributed by atoms with Crippen molar-refractivity contribution in [3.05, 3.63) is 29.3 Å². The lowest BCUT2D eigenvalue weighted by atomic mass is 10.1. The number of nitrogens with one attached hydrogen (secondary N) is 1. The van der Waals surface area contributed by atoms with Gasteiger partial charge in [-0.1, -0.05) is 11.6 Å². The van der Waals surface area contributed by atoms with E-state index in [9.17, 15) is 4.79 Å². The van der Waals surface area contributed by atoms with Crippen LogP contribution in [0.1, 0.15) is 6.42 Å². The Morgan fingerprint density at radius 3 is 2.83 bits per heavy atom. The number of carbonyl (C=O) groups is 1. The lowest BCUT2D eigenvalue weighted by molar-refractivity contribution is 0.175. The van der Waals surface area contributed by atoms with Crippen LogP contribution in [0.2, 0.25) is 5.02 Å². The van der Waals surface area contributed by atoms with Crippen molar-refractivity contribution in [1.82, 2.24) is 4.90 Å². The van der Waals surface area contributed by atoms with Gasteiger partial charge in [0.1, 0.15) is 0 Å². The zero-order valence-corrected chi connectivity index (χ0v) is 11.1. The molecule has 1 atom stereocenters. The molecule has 1 fully saturated rings. The van der Waals surface area contributed by atoms with Gasteiger partial charge in [-0.2, -0.15) is 0 Å². The number of ether oxygens (including phenoxy) is 1. The lowest BCUT2D eigenvalue weighted by Crippen LogP contribution is -2.35. The molecule has 1 aromatic carbocycles. The van der Waals surface area contributed by atoms with Gasteiger partial charge < -0.3 is 15.0 Å². The third-order valence-electron chi connectivity index (χ3n) is 3.00. The largest absolute Gasteiger partial charge is 0.381 e. The molecule has 0 spiro atoms. The van der Waals surface area contributed by atoms with Gasteiger partial charge >= 0.3 is 6.03 Å². The first-order valence-electron chi connectivity index (χ1n) is 6.00. The van der Waals surface area contributed by atoms with Crippen molar-refractivity contribution in [2.45, 2.75) is 6.42 Å². The van der Waals surface area contributed by atoms with Crippen LogP contribution in [0.5, 0.6) is 0 Å². The fourth-order valence-electron chi connectivity index (χ4n) is 1.95. The molecule has 98 valence electrons. The van der Waals surface area contributed by atoms with Gasteiger partial charge in [0.2, 0.25) is 0 Å². The molecule has 0 aromatic heterocycles. The predicted octanol–water partition coefficient (Wildman–Crippen LogP) is 2.84. The molecule has 1 aromatic rings. The molecule has 18 heavy (non-hydrogen) atoms. The number of amides is 2. The van der Waals surface area contributed by atoms with E-state index in [1.54, 1.807) is 36.2 Å². The average molecular weight is 269 g/mol. The van der Waals surface area contributed by atoms with Gasteiger partial charge in [0.15, 0.2) is 0 Å². The molecule has 0 aliphatic carbocycles. The second kappa shape index (κ2) is 6.07. The molecule has 1 saturated heterocycles. The zero-order chi connectivity index (χ0) is 13.0. The van der Waals surface area contributed by atoms with E-state index < -0.39 is 0 Å². The lowest BCUT2D eigenvalue weighted by Gasteiger charge is -2.20. The number of benzene rings is 1. The Kier molecular flexibility index (Phi) is 4.44. The summed E-state index contributed by atoms with van der Waals surface area (Å²) in [4.78, 5) is 13.6. The van der Waals surface area contributed by atoms with E-state index in [1.807, 2.05) is 0 Å². The first kappa shape index (κ1) is 13.2. The van der Waals surface area contributed by atoms with Crippen LogP contribution in [0.4, 0.5) is 10.5 Å². The van der Waals surface area contributed by atoms with Gasteiger partial charge in [-0.15, -0.1) is 0 Å². The van der Waals surface area contributed by atoms with Crippen molar-refractivity contribution in [2.75, 3.05) is 32.1 Å². The Morgan fingerprint density at radius 2 is 2.22 bits per heavy atom. The SMILES string of the molecule is CN(CC1CCOC1)C(=O)Nc1ccc(Cl)cc1. The highest BCUT2D eigenvalue weighted by molar-refractivity contribution is 6.30. The van der Waals surface area contributed by atoms with Gasteiger partial charge in [0.05, 0.1) is 6.61 Å². The Bertz CT molecular complexity index is 402. The normalized spacial score (nSPS) is 18.7. The number of urea groups is 1. The summed E-state index contributed by atoms with van der Waals surface area (Å²) >= 11 is 5.79. The maximum absolute atomic E-state index is 11.9. The minimum Gasteiger partial charge on any atom is -0.381 e. The van der Waals surface area contributed by atoms with Crippen LogP contribution < -0.4 is 5.32 Å². The Balaban J connectivity index is 1.84. The van der Waals surface area contributed by atoms with E-state index in [1.165, 1.54) is 0 Å². The fourth-order valence-corrected chi connectivity index (χ4v) is 2.08. The summed E-state index contributed by atoms with van der Waals surface area (Å²) in [7, 11) is 1.80. The Labute approximate surface area is 112 Å². The number of halogens is 1. The van der Waals surface area contributed by atoms with E-state index in [4.69, 9.17) is 16.3 Å². The molecule has 1 heterocycles. The van der Waals surface area contributed by atoms with Crippen LogP contribution in [0.25, 0.3) is 0 Å². The molecule has 1 aliphatic rings. The smallest absolute Gasteiger partial charge is 0.321 e. The minimum absolute atomic E-state index is 0.107. The highest BCUT2D eigenvalue weighted by atomic mass is 35.5. The molecule has 2 rings (SSSR count). The number of anilines is 1. The molecule has 1 N–H and O–H groups in total. The molecule has 5 heteroatoms. The van der Waals surface area contributed by atoms with Crippen molar-refractivity contribution in [3.63, 3.8) is 0 Å². The summed E-state index contributed by atoms with van der Waals surface area (Å²) in [6.45, 7) is 2.27. The van der Waals surface area contributed by atoms with E-state index in [0.29, 0.717) is 10.9 Å². The van der Waals surface area contributed by atoms with Crippen LogP contribution in [0, 0.1) is 5.92 Å². The molecule has 0 radical (unpaired) electrons. The maximum atomic E-state index is 11.9. The highest BCUT2D eigenvalue weighted by Crippen LogP contribution is 2.16. The minimum atomic E-state index is -0.107. The zero-order valence-electron chi connectivity index (χ0n) is 10.4. The van der Waals surface area contributed by atoms with Crippen molar-refractivity contribution < 1.29 is 9.53 Å². The summed E-state index contributed by atoms with van der Waals surface area (Å²) < 4.78 is 5.30. The first-order valence-corrected chi connectivity index (χ1v) is 6.38. The second-order valence-corrected chi connectivity index (χ2v) is 4.98. The van der Waals surface area contributed by atoms with E-state index >= 15 is 0 Å². The van der Waals surface area contributed by atoms with Crippen LogP contribution >= 0.6 is 11.6 Å². The Morgan fingerprint density at radius 1 is 1.50 bits per heavy atom. The van der Waals surface area contributed by atoms with Crippen molar-refractivity contribution in [1.29, 1.82) is 0 Å². The summed E-state index contributed by atoms with van der Waals surface area (Å²) in [5.74, 6) is 0.450. The van der Waals surface area contributed by atoms with E-state index in [-0.39, 0.29) is 6.03 Å². The molecular weight excluding hydrogens is 252 g/mol. The summed E-state index contributed by atoms with van der Waals surface area (Å²) in [6.07, 6.45) is 1.03. The second-order valence-electron chi connectivity index (χ2n) is 4.55. The molecule has 0 saturated carbocycles.